The summed E-state index contributed by atoms with van der Waals surface area (Å²) in [6.07, 6.45) is 0. The van der Waals surface area contributed by atoms with Crippen molar-refractivity contribution in [3.63, 3.8) is 0 Å². The highest BCUT2D eigenvalue weighted by molar-refractivity contribution is 6.33. The number of aromatic nitrogens is 4. The Hall–Kier alpha value is -3.44. The van der Waals surface area contributed by atoms with E-state index in [0.29, 0.717) is 27.1 Å². The monoisotopic (exact) mass is 532 g/mol. The Bertz CT molecular complexity index is 1480. The van der Waals surface area contributed by atoms with Gasteiger partial charge < -0.3 is 14.2 Å². The highest BCUT2D eigenvalue weighted by atomic mass is 35.5. The van der Waals surface area contributed by atoms with Crippen molar-refractivity contribution in [3.05, 3.63) is 79.4 Å². The van der Waals surface area contributed by atoms with E-state index in [1.54, 1.807) is 53.1 Å². The number of ether oxygens (including phenoxy) is 3. The minimum atomic E-state index is -0.774. The molecular formula is C24H22Cl2N4O6. The van der Waals surface area contributed by atoms with Crippen LogP contribution in [-0.2, 0) is 25.5 Å². The van der Waals surface area contributed by atoms with E-state index >= 15 is 0 Å². The molecule has 1 fully saturated rings. The normalized spacial score (nSPS) is 13.2. The van der Waals surface area contributed by atoms with E-state index in [0.717, 1.165) is 31.0 Å². The molecule has 0 spiro atoms. The zero-order valence-electron chi connectivity index (χ0n) is 19.2. The summed E-state index contributed by atoms with van der Waals surface area (Å²) in [5.41, 5.74) is -0.188. The van der Waals surface area contributed by atoms with Gasteiger partial charge in [0.05, 0.1) is 38.6 Å². The Labute approximate surface area is 215 Å². The lowest BCUT2D eigenvalue weighted by molar-refractivity contribution is -0.141. The van der Waals surface area contributed by atoms with Gasteiger partial charge in [-0.25, -0.2) is 14.3 Å². The van der Waals surface area contributed by atoms with Crippen LogP contribution in [0.4, 0.5) is 0 Å². The Kier molecular flexibility index (Phi) is 8.21. The summed E-state index contributed by atoms with van der Waals surface area (Å²) >= 11 is 12.4. The number of H-pyrrole nitrogens is 1. The average molecular weight is 533 g/mol. The molecule has 0 bridgehead atoms. The van der Waals surface area contributed by atoms with Crippen LogP contribution in [0, 0.1) is 0 Å². The number of aromatic amines is 1. The number of carbonyl (C=O) groups excluding carboxylic acids is 1. The SMILES string of the molecule is C1COCCO1.COC(=O)Cn1c(=O)[nH]c2nc(-c3ccccc3Cl)n(-c3ccc(Cl)cc3)c2c1=O. The number of fused-ring (bicyclic) bond motifs is 1. The van der Waals surface area contributed by atoms with Gasteiger partial charge in [0.2, 0.25) is 0 Å². The van der Waals surface area contributed by atoms with Gasteiger partial charge >= 0.3 is 11.7 Å². The summed E-state index contributed by atoms with van der Waals surface area (Å²) in [7, 11) is 1.17. The van der Waals surface area contributed by atoms with Gasteiger partial charge in [-0.05, 0) is 36.4 Å². The number of nitrogens with zero attached hydrogens (tertiary/aromatic N) is 3. The summed E-state index contributed by atoms with van der Waals surface area (Å²) in [5.74, 6) is -0.382. The number of carbonyl (C=O) groups is 1. The van der Waals surface area contributed by atoms with Gasteiger partial charge in [0.1, 0.15) is 12.4 Å². The van der Waals surface area contributed by atoms with Crippen molar-refractivity contribution in [3.8, 4) is 17.1 Å². The van der Waals surface area contributed by atoms with E-state index in [2.05, 4.69) is 14.7 Å². The molecule has 3 heterocycles. The van der Waals surface area contributed by atoms with Crippen molar-refractivity contribution in [1.82, 2.24) is 19.1 Å². The Morgan fingerprint density at radius 2 is 1.67 bits per heavy atom. The van der Waals surface area contributed by atoms with Crippen LogP contribution in [-0.4, -0.2) is 58.6 Å². The number of imidazole rings is 1. The number of hydrogen-bond donors (Lipinski definition) is 1. The van der Waals surface area contributed by atoms with Gasteiger partial charge in [0, 0.05) is 16.3 Å². The fourth-order valence-corrected chi connectivity index (χ4v) is 3.88. The fourth-order valence-electron chi connectivity index (χ4n) is 3.54. The number of nitrogens with one attached hydrogen (secondary N) is 1. The maximum Gasteiger partial charge on any atom is 0.330 e. The third-order valence-electron chi connectivity index (χ3n) is 5.25. The van der Waals surface area contributed by atoms with Gasteiger partial charge in [0.25, 0.3) is 5.56 Å². The number of methoxy groups -OCH3 is 1. The van der Waals surface area contributed by atoms with Gasteiger partial charge in [-0.3, -0.25) is 19.1 Å². The second-order valence-electron chi connectivity index (χ2n) is 7.55. The highest BCUT2D eigenvalue weighted by Gasteiger charge is 2.22. The first-order valence-electron chi connectivity index (χ1n) is 10.9. The zero-order chi connectivity index (χ0) is 25.7. The van der Waals surface area contributed by atoms with Crippen LogP contribution < -0.4 is 11.2 Å². The maximum atomic E-state index is 13.2. The third kappa shape index (κ3) is 5.52. The molecule has 0 unspecified atom stereocenters. The maximum absolute atomic E-state index is 13.2. The van der Waals surface area contributed by atoms with Crippen LogP contribution in [0.5, 0.6) is 0 Å². The van der Waals surface area contributed by atoms with Gasteiger partial charge in [-0.15, -0.1) is 0 Å². The first-order chi connectivity index (χ1) is 17.4. The fraction of sp³-hybridized carbons (Fsp3) is 0.250. The predicted molar refractivity (Wildman–Crippen MR) is 135 cm³/mol. The standard InChI is InChI=1S/C20H14Cl2N4O4.C4H8O2/c1-30-15(27)10-25-19(28)16-17(24-20(25)29)23-18(13-4-2-3-5-14(13)22)26(16)12-8-6-11(21)7-9-12;1-2-6-4-3-5-1/h2-9H,10H2,1H3,(H,24,29);1-4H2. The number of hydrogen-bond acceptors (Lipinski definition) is 7. The lowest BCUT2D eigenvalue weighted by atomic mass is 10.2. The molecule has 0 radical (unpaired) electrons. The van der Waals surface area contributed by atoms with Crippen LogP contribution in [0.25, 0.3) is 28.2 Å². The minimum absolute atomic E-state index is 0.0657. The zero-order valence-corrected chi connectivity index (χ0v) is 20.7. The van der Waals surface area contributed by atoms with Crippen LogP contribution in [0.1, 0.15) is 0 Å². The second-order valence-corrected chi connectivity index (χ2v) is 8.39. The summed E-state index contributed by atoms with van der Waals surface area (Å²) in [4.78, 5) is 44.3. The van der Waals surface area contributed by atoms with Crippen molar-refractivity contribution in [2.45, 2.75) is 6.54 Å². The van der Waals surface area contributed by atoms with Gasteiger partial charge in [-0.1, -0.05) is 35.3 Å². The molecule has 10 nitrogen and oxygen atoms in total. The van der Waals surface area contributed by atoms with Crippen LogP contribution in [0.2, 0.25) is 10.0 Å². The molecule has 0 amide bonds. The van der Waals surface area contributed by atoms with Crippen LogP contribution in [0.15, 0.2) is 58.1 Å². The molecular weight excluding hydrogens is 511 g/mol. The first kappa shape index (κ1) is 25.6. The van der Waals surface area contributed by atoms with Crippen molar-refractivity contribution >= 4 is 40.3 Å². The van der Waals surface area contributed by atoms with Crippen molar-refractivity contribution in [1.29, 1.82) is 0 Å². The molecule has 1 saturated heterocycles. The summed E-state index contributed by atoms with van der Waals surface area (Å²) in [5, 5.41) is 0.930. The number of halogens is 2. The van der Waals surface area contributed by atoms with Crippen molar-refractivity contribution in [2.24, 2.45) is 0 Å². The molecule has 1 N–H and O–H groups in total. The number of benzene rings is 2. The lowest BCUT2D eigenvalue weighted by Gasteiger charge is -2.11. The second kappa shape index (κ2) is 11.5. The van der Waals surface area contributed by atoms with E-state index in [-0.39, 0.29) is 11.2 Å². The molecule has 4 aromatic rings. The molecule has 36 heavy (non-hydrogen) atoms. The molecule has 1 aliphatic rings. The molecule has 2 aromatic carbocycles. The first-order valence-corrected chi connectivity index (χ1v) is 11.6. The smallest absolute Gasteiger partial charge is 0.330 e. The van der Waals surface area contributed by atoms with E-state index in [9.17, 15) is 14.4 Å². The van der Waals surface area contributed by atoms with Gasteiger partial charge in [0.15, 0.2) is 11.2 Å². The lowest BCUT2D eigenvalue weighted by Crippen LogP contribution is -2.38. The molecule has 0 saturated carbocycles. The summed E-state index contributed by atoms with van der Waals surface area (Å²) < 4.78 is 16.8. The Balaban J connectivity index is 0.000000445. The van der Waals surface area contributed by atoms with Crippen LogP contribution >= 0.6 is 23.2 Å². The van der Waals surface area contributed by atoms with E-state index < -0.39 is 23.8 Å². The molecule has 0 aliphatic carbocycles. The Morgan fingerprint density at radius 1 is 1.03 bits per heavy atom. The summed E-state index contributed by atoms with van der Waals surface area (Å²) in [6, 6.07) is 13.7. The molecule has 1 aliphatic heterocycles. The van der Waals surface area contributed by atoms with Gasteiger partial charge in [-0.2, -0.15) is 0 Å². The molecule has 2 aromatic heterocycles. The number of esters is 1. The van der Waals surface area contributed by atoms with E-state index in [1.807, 2.05) is 0 Å². The average Bonchev–Trinajstić information content (AvgIpc) is 3.27. The molecule has 0 atom stereocenters. The Morgan fingerprint density at radius 3 is 2.25 bits per heavy atom. The molecule has 188 valence electrons. The van der Waals surface area contributed by atoms with Crippen molar-refractivity contribution in [2.75, 3.05) is 33.5 Å². The topological polar surface area (TPSA) is 117 Å². The van der Waals surface area contributed by atoms with Crippen molar-refractivity contribution < 1.29 is 19.0 Å². The molecule has 5 rings (SSSR count). The molecule has 12 heteroatoms. The highest BCUT2D eigenvalue weighted by Crippen LogP contribution is 2.31. The predicted octanol–water partition coefficient (Wildman–Crippen LogP) is 3.06. The van der Waals surface area contributed by atoms with Crippen LogP contribution in [0.3, 0.4) is 0 Å². The van der Waals surface area contributed by atoms with E-state index in [1.165, 1.54) is 7.11 Å². The number of rotatable bonds is 4. The van der Waals surface area contributed by atoms with E-state index in [4.69, 9.17) is 32.7 Å². The minimum Gasteiger partial charge on any atom is -0.468 e. The summed E-state index contributed by atoms with van der Waals surface area (Å²) in [6.45, 7) is 2.58. The third-order valence-corrected chi connectivity index (χ3v) is 5.84. The quantitative estimate of drug-likeness (QED) is 0.401. The largest absolute Gasteiger partial charge is 0.468 e.